The quantitative estimate of drug-likeness (QED) is 0.583. The minimum Gasteiger partial charge on any atom is -0.355 e. The summed E-state index contributed by atoms with van der Waals surface area (Å²) in [4.78, 5) is 16.9. The maximum atomic E-state index is 13.1. The largest absolute Gasteiger partial charge is 0.355 e. The number of nitrogens with zero attached hydrogens (tertiary/aromatic N) is 1. The van der Waals surface area contributed by atoms with Crippen molar-refractivity contribution in [2.24, 2.45) is 4.99 Å². The second-order valence-corrected chi connectivity index (χ2v) is 7.97. The summed E-state index contributed by atoms with van der Waals surface area (Å²) in [6.45, 7) is 0. The number of nitrogens with one attached hydrogen (secondary N) is 1. The standard InChI is InChI=1S/C21H16N2O3S/c1-22-21(24)15-12-10-14(11-13-15)20-16-6-2-4-8-18(16)27(25,26)19-9-5-3-7-17(19)23-20/h2-13H,1H3,(H,22,24). The molecule has 134 valence electrons. The fourth-order valence-electron chi connectivity index (χ4n) is 3.12. The molecule has 0 saturated heterocycles. The van der Waals surface area contributed by atoms with Crippen molar-refractivity contribution in [3.63, 3.8) is 0 Å². The molecule has 1 aliphatic heterocycles. The predicted molar refractivity (Wildman–Crippen MR) is 103 cm³/mol. The number of rotatable bonds is 2. The van der Waals surface area contributed by atoms with Crippen LogP contribution in [0, 0.1) is 0 Å². The highest BCUT2D eigenvalue weighted by molar-refractivity contribution is 7.91. The summed E-state index contributed by atoms with van der Waals surface area (Å²) in [6, 6.07) is 20.5. The van der Waals surface area contributed by atoms with E-state index in [1.54, 1.807) is 79.8 Å². The minimum absolute atomic E-state index is 0.183. The lowest BCUT2D eigenvalue weighted by molar-refractivity contribution is 0.0963. The lowest BCUT2D eigenvalue weighted by Gasteiger charge is -2.10. The van der Waals surface area contributed by atoms with Crippen LogP contribution < -0.4 is 5.32 Å². The summed E-state index contributed by atoms with van der Waals surface area (Å²) >= 11 is 0. The number of para-hydroxylation sites is 1. The molecular weight excluding hydrogens is 360 g/mol. The third-order valence-electron chi connectivity index (χ3n) is 4.47. The first-order valence-electron chi connectivity index (χ1n) is 8.37. The van der Waals surface area contributed by atoms with Gasteiger partial charge in [0.2, 0.25) is 9.84 Å². The van der Waals surface area contributed by atoms with Gasteiger partial charge in [-0.05, 0) is 30.3 Å². The molecule has 5 nitrogen and oxygen atoms in total. The molecule has 3 aromatic carbocycles. The van der Waals surface area contributed by atoms with Gasteiger partial charge in [-0.15, -0.1) is 0 Å². The average Bonchev–Trinajstić information content (AvgIpc) is 2.81. The summed E-state index contributed by atoms with van der Waals surface area (Å²) < 4.78 is 26.3. The second kappa shape index (κ2) is 6.48. The van der Waals surface area contributed by atoms with Crippen LogP contribution in [-0.4, -0.2) is 27.1 Å². The molecule has 0 unspecified atom stereocenters. The van der Waals surface area contributed by atoms with Crippen LogP contribution in [0.5, 0.6) is 0 Å². The predicted octanol–water partition coefficient (Wildman–Crippen LogP) is 3.36. The number of fused-ring (bicyclic) bond motifs is 2. The van der Waals surface area contributed by atoms with E-state index in [4.69, 9.17) is 0 Å². The molecule has 1 amide bonds. The van der Waals surface area contributed by atoms with Gasteiger partial charge in [-0.1, -0.05) is 42.5 Å². The molecule has 1 heterocycles. The van der Waals surface area contributed by atoms with E-state index in [0.717, 1.165) is 5.56 Å². The number of aliphatic imine (C=N–C) groups is 1. The molecule has 27 heavy (non-hydrogen) atoms. The van der Waals surface area contributed by atoms with E-state index in [-0.39, 0.29) is 15.7 Å². The van der Waals surface area contributed by atoms with E-state index in [1.807, 2.05) is 0 Å². The van der Waals surface area contributed by atoms with Crippen molar-refractivity contribution < 1.29 is 13.2 Å². The Hall–Kier alpha value is -3.25. The van der Waals surface area contributed by atoms with E-state index >= 15 is 0 Å². The number of carbonyl (C=O) groups excluding carboxylic acids is 1. The van der Waals surface area contributed by atoms with Crippen molar-refractivity contribution in [1.82, 2.24) is 5.32 Å². The first kappa shape index (κ1) is 17.2. The van der Waals surface area contributed by atoms with Crippen LogP contribution in [0.25, 0.3) is 0 Å². The van der Waals surface area contributed by atoms with Gasteiger partial charge in [-0.3, -0.25) is 4.79 Å². The van der Waals surface area contributed by atoms with E-state index in [0.29, 0.717) is 22.5 Å². The maximum absolute atomic E-state index is 13.1. The molecule has 4 rings (SSSR count). The fraction of sp³-hybridized carbons (Fsp3) is 0.0476. The first-order chi connectivity index (χ1) is 13.0. The van der Waals surface area contributed by atoms with Gasteiger partial charge < -0.3 is 5.32 Å². The second-order valence-electron chi connectivity index (χ2n) is 6.08. The van der Waals surface area contributed by atoms with Crippen LogP contribution in [0.3, 0.4) is 0 Å². The first-order valence-corrected chi connectivity index (χ1v) is 9.85. The van der Waals surface area contributed by atoms with Crippen LogP contribution >= 0.6 is 0 Å². The Labute approximate surface area is 157 Å². The Morgan fingerprint density at radius 2 is 1.48 bits per heavy atom. The van der Waals surface area contributed by atoms with E-state index < -0.39 is 9.84 Å². The van der Waals surface area contributed by atoms with Crippen LogP contribution in [0.2, 0.25) is 0 Å². The molecule has 0 atom stereocenters. The molecule has 0 spiro atoms. The highest BCUT2D eigenvalue weighted by Gasteiger charge is 2.29. The number of amides is 1. The highest BCUT2D eigenvalue weighted by Crippen LogP contribution is 2.36. The SMILES string of the molecule is CNC(=O)c1ccc(C2=Nc3ccccc3S(=O)(=O)c3ccccc32)cc1. The van der Waals surface area contributed by atoms with Crippen molar-refractivity contribution in [3.8, 4) is 0 Å². The Balaban J connectivity index is 1.97. The summed E-state index contributed by atoms with van der Waals surface area (Å²) in [7, 11) is -2.11. The summed E-state index contributed by atoms with van der Waals surface area (Å²) in [5, 5.41) is 2.58. The van der Waals surface area contributed by atoms with Gasteiger partial charge in [0.15, 0.2) is 0 Å². The Kier molecular flexibility index (Phi) is 4.12. The van der Waals surface area contributed by atoms with Gasteiger partial charge in [-0.25, -0.2) is 13.4 Å². The maximum Gasteiger partial charge on any atom is 0.251 e. The van der Waals surface area contributed by atoms with E-state index in [9.17, 15) is 13.2 Å². The number of carbonyl (C=O) groups is 1. The molecule has 1 aliphatic rings. The molecule has 3 aromatic rings. The van der Waals surface area contributed by atoms with Gasteiger partial charge in [0.1, 0.15) is 0 Å². The monoisotopic (exact) mass is 376 g/mol. The number of benzene rings is 3. The van der Waals surface area contributed by atoms with Crippen molar-refractivity contribution in [2.45, 2.75) is 9.79 Å². The van der Waals surface area contributed by atoms with Crippen LogP contribution in [0.15, 0.2) is 87.6 Å². The topological polar surface area (TPSA) is 75.6 Å². The Morgan fingerprint density at radius 3 is 2.19 bits per heavy atom. The van der Waals surface area contributed by atoms with Crippen molar-refractivity contribution in [1.29, 1.82) is 0 Å². The van der Waals surface area contributed by atoms with Gasteiger partial charge in [0, 0.05) is 23.7 Å². The van der Waals surface area contributed by atoms with Gasteiger partial charge in [0.05, 0.1) is 21.2 Å². The molecule has 0 saturated carbocycles. The molecule has 0 aromatic heterocycles. The number of hydrogen-bond donors (Lipinski definition) is 1. The van der Waals surface area contributed by atoms with Crippen LogP contribution in [-0.2, 0) is 9.84 Å². The third kappa shape index (κ3) is 2.84. The summed E-state index contributed by atoms with van der Waals surface area (Å²) in [5.74, 6) is -0.183. The minimum atomic E-state index is -3.68. The van der Waals surface area contributed by atoms with Crippen molar-refractivity contribution >= 4 is 27.1 Å². The summed E-state index contributed by atoms with van der Waals surface area (Å²) in [5.41, 5.74) is 2.77. The molecule has 0 radical (unpaired) electrons. The Morgan fingerprint density at radius 1 is 0.852 bits per heavy atom. The van der Waals surface area contributed by atoms with Gasteiger partial charge in [-0.2, -0.15) is 0 Å². The average molecular weight is 376 g/mol. The number of sulfone groups is 1. The van der Waals surface area contributed by atoms with E-state index in [1.165, 1.54) is 0 Å². The third-order valence-corrected chi connectivity index (χ3v) is 6.33. The van der Waals surface area contributed by atoms with Crippen molar-refractivity contribution in [3.05, 3.63) is 89.5 Å². The molecule has 0 bridgehead atoms. The zero-order valence-corrected chi connectivity index (χ0v) is 15.3. The van der Waals surface area contributed by atoms with Crippen LogP contribution in [0.4, 0.5) is 5.69 Å². The smallest absolute Gasteiger partial charge is 0.251 e. The molecule has 1 N–H and O–H groups in total. The summed E-state index contributed by atoms with van der Waals surface area (Å²) in [6.07, 6.45) is 0. The lowest BCUT2D eigenvalue weighted by Crippen LogP contribution is -2.17. The van der Waals surface area contributed by atoms with Crippen molar-refractivity contribution in [2.75, 3.05) is 7.05 Å². The molecular formula is C21H16N2O3S. The van der Waals surface area contributed by atoms with Crippen LogP contribution in [0.1, 0.15) is 21.5 Å². The van der Waals surface area contributed by atoms with Gasteiger partial charge in [0.25, 0.3) is 5.91 Å². The van der Waals surface area contributed by atoms with Gasteiger partial charge >= 0.3 is 0 Å². The highest BCUT2D eigenvalue weighted by atomic mass is 32.2. The molecule has 0 aliphatic carbocycles. The zero-order chi connectivity index (χ0) is 19.0. The molecule has 0 fully saturated rings. The lowest BCUT2D eigenvalue weighted by atomic mass is 10.0. The zero-order valence-electron chi connectivity index (χ0n) is 14.5. The molecule has 6 heteroatoms. The fourth-order valence-corrected chi connectivity index (χ4v) is 4.71. The van der Waals surface area contributed by atoms with E-state index in [2.05, 4.69) is 10.3 Å². The Bertz CT molecular complexity index is 1180. The normalized spacial score (nSPS) is 14.3. The number of hydrogen-bond acceptors (Lipinski definition) is 4.